The van der Waals surface area contributed by atoms with Crippen molar-refractivity contribution in [2.24, 2.45) is 0 Å². The van der Waals surface area contributed by atoms with Gasteiger partial charge in [-0.1, -0.05) is 25.9 Å². The van der Waals surface area contributed by atoms with Crippen molar-refractivity contribution in [1.82, 2.24) is 10.5 Å². The highest BCUT2D eigenvalue weighted by molar-refractivity contribution is 5.85. The van der Waals surface area contributed by atoms with Crippen molar-refractivity contribution in [2.45, 2.75) is 52.1 Å². The number of hydrogen-bond acceptors (Lipinski definition) is 4. The van der Waals surface area contributed by atoms with E-state index in [0.29, 0.717) is 12.3 Å². The number of carboxylic acid groups (broad SMARTS) is 1. The third-order valence-electron chi connectivity index (χ3n) is 3.45. The van der Waals surface area contributed by atoms with Crippen LogP contribution in [-0.4, -0.2) is 21.8 Å². The lowest BCUT2D eigenvalue weighted by Crippen LogP contribution is -2.42. The zero-order valence-electron chi connectivity index (χ0n) is 10.6. The molecule has 1 aromatic heterocycles. The molecule has 1 heterocycles. The lowest BCUT2D eigenvalue weighted by atomic mass is 9.90. The summed E-state index contributed by atoms with van der Waals surface area (Å²) in [4.78, 5) is 10.6. The van der Waals surface area contributed by atoms with Gasteiger partial charge in [0.05, 0.1) is 6.54 Å². The van der Waals surface area contributed by atoms with Crippen LogP contribution in [0.15, 0.2) is 10.6 Å². The van der Waals surface area contributed by atoms with Crippen molar-refractivity contribution < 1.29 is 14.4 Å². The Morgan fingerprint density at radius 2 is 2.00 bits per heavy atom. The molecule has 5 heteroatoms. The molecule has 1 rings (SSSR count). The molecule has 0 aliphatic rings. The van der Waals surface area contributed by atoms with Crippen LogP contribution in [0.25, 0.3) is 0 Å². The summed E-state index contributed by atoms with van der Waals surface area (Å²) in [6, 6.07) is 1.46. The van der Waals surface area contributed by atoms with Gasteiger partial charge in [0.15, 0.2) is 11.5 Å². The molecule has 0 aliphatic carbocycles. The quantitative estimate of drug-likeness (QED) is 0.765. The maximum Gasteiger partial charge on any atom is 0.358 e. The van der Waals surface area contributed by atoms with E-state index in [1.807, 2.05) is 0 Å². The fraction of sp³-hybridized carbons (Fsp3) is 0.667. The van der Waals surface area contributed by atoms with Gasteiger partial charge in [-0.05, 0) is 19.3 Å². The minimum absolute atomic E-state index is 0.0445. The Balaban J connectivity index is 2.62. The first-order chi connectivity index (χ1) is 8.06. The molecule has 0 radical (unpaired) electrons. The summed E-state index contributed by atoms with van der Waals surface area (Å²) in [7, 11) is 0. The van der Waals surface area contributed by atoms with Gasteiger partial charge < -0.3 is 14.9 Å². The molecule has 0 unspecified atom stereocenters. The Bertz CT molecular complexity index is 361. The number of rotatable bonds is 7. The Kier molecular flexibility index (Phi) is 4.69. The first-order valence-electron chi connectivity index (χ1n) is 6.00. The predicted octanol–water partition coefficient (Wildman–Crippen LogP) is 2.43. The van der Waals surface area contributed by atoms with Crippen LogP contribution in [0, 0.1) is 0 Å². The van der Waals surface area contributed by atoms with Crippen LogP contribution in [0.5, 0.6) is 0 Å². The van der Waals surface area contributed by atoms with Gasteiger partial charge in [-0.2, -0.15) is 0 Å². The molecule has 17 heavy (non-hydrogen) atoms. The lowest BCUT2D eigenvalue weighted by molar-refractivity contribution is 0.0685. The molecule has 0 aromatic carbocycles. The molecular formula is C12H20N2O3. The predicted molar refractivity (Wildman–Crippen MR) is 63.9 cm³/mol. The fourth-order valence-electron chi connectivity index (χ4n) is 1.90. The van der Waals surface area contributed by atoms with Crippen molar-refractivity contribution in [3.8, 4) is 0 Å². The van der Waals surface area contributed by atoms with E-state index < -0.39 is 5.97 Å². The number of carbonyl (C=O) groups is 1. The molecule has 0 saturated carbocycles. The molecule has 0 saturated heterocycles. The second-order valence-corrected chi connectivity index (χ2v) is 4.18. The van der Waals surface area contributed by atoms with Crippen molar-refractivity contribution in [3.63, 3.8) is 0 Å². The van der Waals surface area contributed by atoms with Gasteiger partial charge in [0.2, 0.25) is 0 Å². The number of nitrogens with zero attached hydrogens (tertiary/aromatic N) is 1. The summed E-state index contributed by atoms with van der Waals surface area (Å²) in [6.45, 7) is 6.94. The Labute approximate surface area is 101 Å². The molecule has 0 atom stereocenters. The van der Waals surface area contributed by atoms with Gasteiger partial charge in [-0.25, -0.2) is 4.79 Å². The molecule has 5 nitrogen and oxygen atoms in total. The van der Waals surface area contributed by atoms with Gasteiger partial charge in [0, 0.05) is 11.6 Å². The molecule has 96 valence electrons. The Morgan fingerprint density at radius 3 is 2.41 bits per heavy atom. The van der Waals surface area contributed by atoms with Crippen molar-refractivity contribution in [2.75, 3.05) is 0 Å². The average Bonchev–Trinajstić information content (AvgIpc) is 2.81. The highest BCUT2D eigenvalue weighted by Gasteiger charge is 2.23. The Morgan fingerprint density at radius 1 is 1.41 bits per heavy atom. The normalized spacial score (nSPS) is 11.7. The van der Waals surface area contributed by atoms with Crippen molar-refractivity contribution >= 4 is 5.97 Å². The molecule has 2 N–H and O–H groups in total. The molecule has 0 bridgehead atoms. The van der Waals surface area contributed by atoms with Crippen LogP contribution >= 0.6 is 0 Å². The van der Waals surface area contributed by atoms with E-state index in [1.165, 1.54) is 6.07 Å². The molecule has 0 amide bonds. The van der Waals surface area contributed by atoms with Crippen LogP contribution in [0.4, 0.5) is 0 Å². The largest absolute Gasteiger partial charge is 0.476 e. The molecule has 0 spiro atoms. The van der Waals surface area contributed by atoms with Gasteiger partial charge in [-0.15, -0.1) is 0 Å². The minimum Gasteiger partial charge on any atom is -0.476 e. The van der Waals surface area contributed by atoms with Crippen LogP contribution in [0.3, 0.4) is 0 Å². The second kappa shape index (κ2) is 5.82. The molecule has 0 fully saturated rings. The van der Waals surface area contributed by atoms with Gasteiger partial charge in [0.25, 0.3) is 0 Å². The van der Waals surface area contributed by atoms with Gasteiger partial charge in [-0.3, -0.25) is 0 Å². The standard InChI is InChI=1S/C12H20N2O3/c1-4-12(5-2,6-3)13-8-9-7-10(11(15)16)14-17-9/h7,13H,4-6,8H2,1-3H3,(H,15,16). The van der Waals surface area contributed by atoms with E-state index in [2.05, 4.69) is 31.2 Å². The smallest absolute Gasteiger partial charge is 0.358 e. The zero-order chi connectivity index (χ0) is 12.9. The number of nitrogens with one attached hydrogen (secondary N) is 1. The van der Waals surface area contributed by atoms with E-state index >= 15 is 0 Å². The van der Waals surface area contributed by atoms with E-state index in [-0.39, 0.29) is 11.2 Å². The summed E-state index contributed by atoms with van der Waals surface area (Å²) in [5, 5.41) is 15.6. The maximum absolute atomic E-state index is 10.6. The first-order valence-corrected chi connectivity index (χ1v) is 6.00. The molecular weight excluding hydrogens is 220 g/mol. The van der Waals surface area contributed by atoms with Crippen LogP contribution < -0.4 is 5.32 Å². The third-order valence-corrected chi connectivity index (χ3v) is 3.45. The molecule has 0 aliphatic heterocycles. The SMILES string of the molecule is CCC(CC)(CC)NCc1cc(C(=O)O)no1. The van der Waals surface area contributed by atoms with Crippen LogP contribution in [0.1, 0.15) is 56.3 Å². The zero-order valence-corrected chi connectivity index (χ0v) is 10.6. The highest BCUT2D eigenvalue weighted by atomic mass is 16.5. The topological polar surface area (TPSA) is 75.4 Å². The maximum atomic E-state index is 10.6. The summed E-state index contributed by atoms with van der Waals surface area (Å²) >= 11 is 0. The monoisotopic (exact) mass is 240 g/mol. The first kappa shape index (κ1) is 13.7. The minimum atomic E-state index is -1.06. The number of aromatic nitrogens is 1. The van der Waals surface area contributed by atoms with Crippen molar-refractivity contribution in [3.05, 3.63) is 17.5 Å². The molecule has 1 aromatic rings. The summed E-state index contributed by atoms with van der Waals surface area (Å²) in [5.41, 5.74) is 0.0489. The van der Waals surface area contributed by atoms with E-state index in [0.717, 1.165) is 19.3 Å². The number of hydrogen-bond donors (Lipinski definition) is 2. The second-order valence-electron chi connectivity index (χ2n) is 4.18. The van der Waals surface area contributed by atoms with Gasteiger partial charge >= 0.3 is 5.97 Å². The summed E-state index contributed by atoms with van der Waals surface area (Å²) < 4.78 is 4.96. The van der Waals surface area contributed by atoms with E-state index in [1.54, 1.807) is 0 Å². The Hall–Kier alpha value is -1.36. The van der Waals surface area contributed by atoms with Crippen molar-refractivity contribution in [1.29, 1.82) is 0 Å². The summed E-state index contributed by atoms with van der Waals surface area (Å²) in [6.07, 6.45) is 3.08. The summed E-state index contributed by atoms with van der Waals surface area (Å²) in [5.74, 6) is -0.505. The highest BCUT2D eigenvalue weighted by Crippen LogP contribution is 2.20. The van der Waals surface area contributed by atoms with Crippen LogP contribution in [-0.2, 0) is 6.54 Å². The number of carboxylic acids is 1. The van der Waals surface area contributed by atoms with E-state index in [4.69, 9.17) is 9.63 Å². The third kappa shape index (κ3) is 3.30. The average molecular weight is 240 g/mol. The fourth-order valence-corrected chi connectivity index (χ4v) is 1.90. The number of aromatic carboxylic acids is 1. The lowest BCUT2D eigenvalue weighted by Gasteiger charge is -2.31. The van der Waals surface area contributed by atoms with Crippen LogP contribution in [0.2, 0.25) is 0 Å². The van der Waals surface area contributed by atoms with E-state index in [9.17, 15) is 4.79 Å². The van der Waals surface area contributed by atoms with Gasteiger partial charge in [0.1, 0.15) is 0 Å².